The average Bonchev–Trinajstić information content (AvgIpc) is 3.41. The van der Waals surface area contributed by atoms with E-state index in [0.29, 0.717) is 12.1 Å². The summed E-state index contributed by atoms with van der Waals surface area (Å²) < 4.78 is 1.83. The SMILES string of the molecule is Cc1nn(-c2ccccc2)c(C)c1C(=O)NCC(c1ccccc1)c1c[nH]c2ccccc12. The second-order valence-electron chi connectivity index (χ2n) is 8.26. The summed E-state index contributed by atoms with van der Waals surface area (Å²) >= 11 is 0. The maximum Gasteiger partial charge on any atom is 0.255 e. The van der Waals surface area contributed by atoms with Crippen molar-refractivity contribution in [1.29, 1.82) is 0 Å². The molecule has 3 aromatic carbocycles. The molecule has 2 N–H and O–H groups in total. The van der Waals surface area contributed by atoms with Gasteiger partial charge in [0, 0.05) is 29.6 Å². The van der Waals surface area contributed by atoms with Crippen LogP contribution >= 0.6 is 0 Å². The molecule has 5 heteroatoms. The van der Waals surface area contributed by atoms with Crippen molar-refractivity contribution in [3.05, 3.63) is 119 Å². The van der Waals surface area contributed by atoms with Crippen molar-refractivity contribution in [3.63, 3.8) is 0 Å². The maximum absolute atomic E-state index is 13.3. The molecule has 0 fully saturated rings. The van der Waals surface area contributed by atoms with Gasteiger partial charge in [0.15, 0.2) is 0 Å². The Balaban J connectivity index is 1.45. The van der Waals surface area contributed by atoms with E-state index in [0.717, 1.165) is 28.2 Å². The van der Waals surface area contributed by atoms with Crippen molar-refractivity contribution in [3.8, 4) is 5.69 Å². The normalized spacial score (nSPS) is 12.1. The molecule has 2 aromatic heterocycles. The summed E-state index contributed by atoms with van der Waals surface area (Å²) in [6, 6.07) is 28.5. The highest BCUT2D eigenvalue weighted by atomic mass is 16.1. The van der Waals surface area contributed by atoms with E-state index < -0.39 is 0 Å². The van der Waals surface area contributed by atoms with Gasteiger partial charge in [-0.05, 0) is 43.2 Å². The predicted octanol–water partition coefficient (Wildman–Crippen LogP) is 5.53. The zero-order valence-electron chi connectivity index (χ0n) is 18.7. The molecule has 5 aromatic rings. The monoisotopic (exact) mass is 434 g/mol. The fourth-order valence-corrected chi connectivity index (χ4v) is 4.55. The van der Waals surface area contributed by atoms with Crippen LogP contribution in [-0.2, 0) is 0 Å². The Labute approximate surface area is 193 Å². The lowest BCUT2D eigenvalue weighted by Gasteiger charge is -2.18. The number of para-hydroxylation sites is 2. The summed E-state index contributed by atoms with van der Waals surface area (Å²) in [6.45, 7) is 4.31. The second-order valence-corrected chi connectivity index (χ2v) is 8.26. The second kappa shape index (κ2) is 8.79. The number of aromatic amines is 1. The highest BCUT2D eigenvalue weighted by Gasteiger charge is 2.23. The van der Waals surface area contributed by atoms with Gasteiger partial charge >= 0.3 is 0 Å². The molecule has 1 unspecified atom stereocenters. The molecule has 1 atom stereocenters. The first-order valence-electron chi connectivity index (χ1n) is 11.1. The fourth-order valence-electron chi connectivity index (χ4n) is 4.55. The molecule has 5 rings (SSSR count). The Morgan fingerprint density at radius 2 is 1.61 bits per heavy atom. The number of aromatic nitrogens is 3. The summed E-state index contributed by atoms with van der Waals surface area (Å²) in [5.74, 6) is -0.0796. The molecule has 0 saturated carbocycles. The number of amides is 1. The van der Waals surface area contributed by atoms with Crippen LogP contribution in [0.5, 0.6) is 0 Å². The van der Waals surface area contributed by atoms with Gasteiger partial charge in [-0.25, -0.2) is 4.68 Å². The van der Waals surface area contributed by atoms with Crippen LogP contribution in [-0.4, -0.2) is 27.2 Å². The Morgan fingerprint density at radius 1 is 0.939 bits per heavy atom. The Hall–Kier alpha value is -4.12. The molecule has 0 aliphatic heterocycles. The van der Waals surface area contributed by atoms with Gasteiger partial charge in [0.2, 0.25) is 0 Å². The van der Waals surface area contributed by atoms with Crippen LogP contribution in [0.25, 0.3) is 16.6 Å². The van der Waals surface area contributed by atoms with E-state index in [2.05, 4.69) is 45.9 Å². The fraction of sp³-hybridized carbons (Fsp3) is 0.143. The molecule has 2 heterocycles. The van der Waals surface area contributed by atoms with Gasteiger partial charge in [0.05, 0.1) is 22.6 Å². The summed E-state index contributed by atoms with van der Waals surface area (Å²) in [5.41, 5.74) is 6.55. The molecule has 33 heavy (non-hydrogen) atoms. The highest BCUT2D eigenvalue weighted by molar-refractivity contribution is 5.96. The highest BCUT2D eigenvalue weighted by Crippen LogP contribution is 2.30. The van der Waals surface area contributed by atoms with Gasteiger partial charge in [-0.1, -0.05) is 66.7 Å². The number of hydrogen-bond acceptors (Lipinski definition) is 2. The molecule has 5 nitrogen and oxygen atoms in total. The van der Waals surface area contributed by atoms with Crippen molar-refractivity contribution in [2.75, 3.05) is 6.54 Å². The van der Waals surface area contributed by atoms with Crippen LogP contribution in [0.3, 0.4) is 0 Å². The van der Waals surface area contributed by atoms with Crippen LogP contribution in [0.2, 0.25) is 0 Å². The molecule has 1 amide bonds. The number of aryl methyl sites for hydroxylation is 1. The topological polar surface area (TPSA) is 62.7 Å². The third-order valence-electron chi connectivity index (χ3n) is 6.18. The van der Waals surface area contributed by atoms with Gasteiger partial charge in [0.25, 0.3) is 5.91 Å². The zero-order chi connectivity index (χ0) is 22.8. The molecule has 0 aliphatic carbocycles. The molecular weight excluding hydrogens is 408 g/mol. The lowest BCUT2D eigenvalue weighted by atomic mass is 9.91. The summed E-state index contributed by atoms with van der Waals surface area (Å²) in [6.07, 6.45) is 2.05. The van der Waals surface area contributed by atoms with E-state index >= 15 is 0 Å². The zero-order valence-corrected chi connectivity index (χ0v) is 18.7. The number of nitrogens with zero attached hydrogens (tertiary/aromatic N) is 2. The number of fused-ring (bicyclic) bond motifs is 1. The van der Waals surface area contributed by atoms with E-state index in [1.165, 1.54) is 10.9 Å². The first-order valence-corrected chi connectivity index (χ1v) is 11.1. The predicted molar refractivity (Wildman–Crippen MR) is 132 cm³/mol. The van der Waals surface area contributed by atoms with Crippen LogP contribution in [0.15, 0.2) is 91.1 Å². The number of rotatable bonds is 6. The summed E-state index contributed by atoms with van der Waals surface area (Å²) in [7, 11) is 0. The van der Waals surface area contributed by atoms with E-state index in [1.807, 2.05) is 79.2 Å². The van der Waals surface area contributed by atoms with Crippen molar-refractivity contribution in [2.45, 2.75) is 19.8 Å². The number of carbonyl (C=O) groups excluding carboxylic acids is 1. The van der Waals surface area contributed by atoms with Gasteiger partial charge in [-0.2, -0.15) is 5.10 Å². The standard InChI is InChI=1S/C28H26N4O/c1-19-27(20(2)32(31-19)22-13-7-4-8-14-22)28(33)30-17-24(21-11-5-3-6-12-21)25-18-29-26-16-10-9-15-23(25)26/h3-16,18,24,29H,17H2,1-2H3,(H,30,33). The van der Waals surface area contributed by atoms with Gasteiger partial charge in [-0.15, -0.1) is 0 Å². The lowest BCUT2D eigenvalue weighted by Crippen LogP contribution is -2.29. The van der Waals surface area contributed by atoms with Crippen molar-refractivity contribution in [1.82, 2.24) is 20.1 Å². The van der Waals surface area contributed by atoms with E-state index in [1.54, 1.807) is 0 Å². The molecule has 164 valence electrons. The Morgan fingerprint density at radius 3 is 2.36 bits per heavy atom. The van der Waals surface area contributed by atoms with Crippen molar-refractivity contribution >= 4 is 16.8 Å². The molecular formula is C28H26N4O. The first kappa shape index (κ1) is 20.8. The minimum absolute atomic E-state index is 0.0241. The van der Waals surface area contributed by atoms with E-state index in [4.69, 9.17) is 0 Å². The molecule has 0 saturated heterocycles. The molecule has 0 spiro atoms. The summed E-state index contributed by atoms with van der Waals surface area (Å²) in [5, 5.41) is 8.99. The average molecular weight is 435 g/mol. The third kappa shape index (κ3) is 3.94. The van der Waals surface area contributed by atoms with E-state index in [9.17, 15) is 4.79 Å². The number of nitrogens with one attached hydrogen (secondary N) is 2. The van der Waals surface area contributed by atoms with Crippen molar-refractivity contribution in [2.24, 2.45) is 0 Å². The van der Waals surface area contributed by atoms with E-state index in [-0.39, 0.29) is 11.8 Å². The number of benzene rings is 3. The van der Waals surface area contributed by atoms with Gasteiger partial charge in [-0.3, -0.25) is 4.79 Å². The minimum Gasteiger partial charge on any atom is -0.361 e. The van der Waals surface area contributed by atoms with Crippen LogP contribution in [0.4, 0.5) is 0 Å². The lowest BCUT2D eigenvalue weighted by molar-refractivity contribution is 0.0951. The molecule has 0 bridgehead atoms. The van der Waals surface area contributed by atoms with Crippen LogP contribution in [0, 0.1) is 13.8 Å². The Bertz CT molecular complexity index is 1400. The van der Waals surface area contributed by atoms with Crippen LogP contribution < -0.4 is 5.32 Å². The minimum atomic E-state index is -0.104. The molecule has 0 radical (unpaired) electrons. The smallest absolute Gasteiger partial charge is 0.255 e. The molecule has 0 aliphatic rings. The van der Waals surface area contributed by atoms with Crippen LogP contribution in [0.1, 0.15) is 38.8 Å². The summed E-state index contributed by atoms with van der Waals surface area (Å²) in [4.78, 5) is 16.7. The van der Waals surface area contributed by atoms with Gasteiger partial charge in [0.1, 0.15) is 0 Å². The first-order chi connectivity index (χ1) is 16.1. The number of H-pyrrole nitrogens is 1. The largest absolute Gasteiger partial charge is 0.361 e. The Kier molecular flexibility index (Phi) is 5.53. The third-order valence-corrected chi connectivity index (χ3v) is 6.18. The van der Waals surface area contributed by atoms with Gasteiger partial charge < -0.3 is 10.3 Å². The quantitative estimate of drug-likeness (QED) is 0.369. The maximum atomic E-state index is 13.3. The number of hydrogen-bond donors (Lipinski definition) is 2. The van der Waals surface area contributed by atoms with Crippen molar-refractivity contribution < 1.29 is 4.79 Å². The number of carbonyl (C=O) groups is 1.